The number of rotatable bonds is 8. The molecule has 0 fully saturated rings. The summed E-state index contributed by atoms with van der Waals surface area (Å²) < 4.78 is 2.55. The molecule has 6 heteroatoms. The highest BCUT2D eigenvalue weighted by Crippen LogP contribution is 2.13. The first-order valence-corrected chi connectivity index (χ1v) is 11.5. The van der Waals surface area contributed by atoms with Gasteiger partial charge in [0, 0.05) is 25.1 Å². The molecular formula is C23H42N4OS. The molecule has 166 valence electrons. The van der Waals surface area contributed by atoms with Gasteiger partial charge in [0.25, 0.3) is 0 Å². The molecule has 2 aromatic rings. The molecule has 1 heterocycles. The Kier molecular flexibility index (Phi) is 19.5. The van der Waals surface area contributed by atoms with Crippen molar-refractivity contribution in [2.24, 2.45) is 5.92 Å². The molecule has 1 aromatic carbocycles. The number of nitrogens with zero attached hydrogens (tertiary/aromatic N) is 2. The predicted molar refractivity (Wildman–Crippen MR) is 128 cm³/mol. The van der Waals surface area contributed by atoms with Crippen LogP contribution in [0.5, 0.6) is 0 Å². The minimum absolute atomic E-state index is 0.126. The number of aromatic nitrogens is 3. The van der Waals surface area contributed by atoms with Crippen LogP contribution in [-0.4, -0.2) is 27.2 Å². The average Bonchev–Trinajstić information content (AvgIpc) is 3.15. The Bertz CT molecular complexity index is 678. The Hall–Kier alpha value is -1.95. The highest BCUT2D eigenvalue weighted by Gasteiger charge is 2.08. The molecule has 29 heavy (non-hydrogen) atoms. The normalized spacial score (nSPS) is 9.28. The number of aryl methyl sites for hydroxylation is 1. The summed E-state index contributed by atoms with van der Waals surface area (Å²) in [5.41, 5.74) is 1.01. The third-order valence-electron chi connectivity index (χ3n) is 3.52. The maximum Gasteiger partial charge on any atom is 0.220 e. The third kappa shape index (κ3) is 12.3. The van der Waals surface area contributed by atoms with Gasteiger partial charge in [-0.3, -0.25) is 14.5 Å². The summed E-state index contributed by atoms with van der Waals surface area (Å²) >= 11 is 5.31. The van der Waals surface area contributed by atoms with Gasteiger partial charge in [-0.25, -0.2) is 0 Å². The lowest BCUT2D eigenvalue weighted by molar-refractivity contribution is -0.121. The summed E-state index contributed by atoms with van der Waals surface area (Å²) in [4.78, 5) is 11.7. The van der Waals surface area contributed by atoms with Crippen molar-refractivity contribution in [3.63, 3.8) is 0 Å². The van der Waals surface area contributed by atoms with Crippen molar-refractivity contribution in [1.29, 1.82) is 0 Å². The van der Waals surface area contributed by atoms with Crippen molar-refractivity contribution in [2.75, 3.05) is 6.54 Å². The second-order valence-electron chi connectivity index (χ2n) is 6.02. The number of aromatic amines is 1. The largest absolute Gasteiger partial charge is 0.356 e. The molecule has 1 amide bonds. The zero-order valence-corrected chi connectivity index (χ0v) is 20.5. The van der Waals surface area contributed by atoms with Crippen LogP contribution in [0.1, 0.15) is 80.5 Å². The van der Waals surface area contributed by atoms with Crippen molar-refractivity contribution >= 4 is 18.1 Å². The standard InChI is InChI=1S/C17H24N4OS.3C2H6/c1-13(2)12-18-16(22)11-7-6-10-15-19-20-17(23)21(15)14-8-4-3-5-9-14;3*1-2/h3-5,8-9,13H,6-7,10-12H2,1-2H3,(H,18,22)(H,20,23);3*1-2H3. The van der Waals surface area contributed by atoms with Crippen molar-refractivity contribution in [1.82, 2.24) is 20.1 Å². The van der Waals surface area contributed by atoms with Crippen molar-refractivity contribution < 1.29 is 4.79 Å². The molecule has 0 saturated heterocycles. The second-order valence-corrected chi connectivity index (χ2v) is 6.41. The van der Waals surface area contributed by atoms with Gasteiger partial charge < -0.3 is 5.32 Å². The smallest absolute Gasteiger partial charge is 0.220 e. The quantitative estimate of drug-likeness (QED) is 0.377. The van der Waals surface area contributed by atoms with E-state index in [0.29, 0.717) is 17.1 Å². The molecule has 0 unspecified atom stereocenters. The molecule has 2 N–H and O–H groups in total. The zero-order valence-electron chi connectivity index (χ0n) is 19.7. The van der Waals surface area contributed by atoms with Gasteiger partial charge in [0.1, 0.15) is 5.82 Å². The molecule has 0 aliphatic heterocycles. The predicted octanol–water partition coefficient (Wildman–Crippen LogP) is 6.49. The number of hydrogen-bond acceptors (Lipinski definition) is 3. The van der Waals surface area contributed by atoms with Crippen LogP contribution >= 0.6 is 12.2 Å². The van der Waals surface area contributed by atoms with Gasteiger partial charge in [-0.15, -0.1) is 0 Å². The molecule has 0 bridgehead atoms. The Balaban J connectivity index is 0. The first-order chi connectivity index (χ1) is 14.1. The number of benzene rings is 1. The molecular weight excluding hydrogens is 380 g/mol. The van der Waals surface area contributed by atoms with Gasteiger partial charge in [0.2, 0.25) is 5.91 Å². The average molecular weight is 423 g/mol. The SMILES string of the molecule is CC.CC.CC.CC(C)CNC(=O)CCCCc1n[nH]c(=S)n1-c1ccccc1. The fourth-order valence-corrected chi connectivity index (χ4v) is 2.57. The first-order valence-electron chi connectivity index (χ1n) is 11.1. The van der Waals surface area contributed by atoms with Gasteiger partial charge in [0.15, 0.2) is 4.77 Å². The summed E-state index contributed by atoms with van der Waals surface area (Å²) in [6, 6.07) is 9.95. The first kappa shape index (κ1) is 29.3. The highest BCUT2D eigenvalue weighted by molar-refractivity contribution is 7.71. The molecule has 0 atom stereocenters. The lowest BCUT2D eigenvalue weighted by Gasteiger charge is -2.08. The number of para-hydroxylation sites is 1. The van der Waals surface area contributed by atoms with Crippen LogP contribution in [0.4, 0.5) is 0 Å². The van der Waals surface area contributed by atoms with Gasteiger partial charge >= 0.3 is 0 Å². The van der Waals surface area contributed by atoms with E-state index in [0.717, 1.165) is 37.3 Å². The van der Waals surface area contributed by atoms with Crippen molar-refractivity contribution in [2.45, 2.75) is 81.1 Å². The summed E-state index contributed by atoms with van der Waals surface area (Å²) in [7, 11) is 0. The van der Waals surface area contributed by atoms with Crippen LogP contribution in [0.15, 0.2) is 30.3 Å². The molecule has 1 aromatic heterocycles. The molecule has 0 spiro atoms. The lowest BCUT2D eigenvalue weighted by atomic mass is 10.1. The highest BCUT2D eigenvalue weighted by atomic mass is 32.1. The summed E-state index contributed by atoms with van der Waals surface area (Å²) in [5, 5.41) is 10.1. The maximum atomic E-state index is 11.7. The van der Waals surface area contributed by atoms with E-state index in [2.05, 4.69) is 29.4 Å². The minimum Gasteiger partial charge on any atom is -0.356 e. The summed E-state index contributed by atoms with van der Waals surface area (Å²) in [5.74, 6) is 1.52. The molecule has 5 nitrogen and oxygen atoms in total. The van der Waals surface area contributed by atoms with E-state index >= 15 is 0 Å². The van der Waals surface area contributed by atoms with E-state index in [1.807, 2.05) is 76.4 Å². The lowest BCUT2D eigenvalue weighted by Crippen LogP contribution is -2.26. The van der Waals surface area contributed by atoms with Gasteiger partial charge in [0.05, 0.1) is 0 Å². The van der Waals surface area contributed by atoms with Crippen LogP contribution < -0.4 is 5.32 Å². The van der Waals surface area contributed by atoms with Gasteiger partial charge in [-0.2, -0.15) is 5.10 Å². The van der Waals surface area contributed by atoms with E-state index in [9.17, 15) is 4.79 Å². The van der Waals surface area contributed by atoms with Crippen LogP contribution in [0, 0.1) is 10.7 Å². The molecule has 0 aliphatic carbocycles. The Morgan fingerprint density at radius 2 is 1.66 bits per heavy atom. The van der Waals surface area contributed by atoms with Crippen molar-refractivity contribution in [3.8, 4) is 5.69 Å². The van der Waals surface area contributed by atoms with Crippen LogP contribution in [0.25, 0.3) is 5.69 Å². The second kappa shape index (κ2) is 19.4. The molecule has 2 rings (SSSR count). The Labute approximate surface area is 183 Å². The number of hydrogen-bond donors (Lipinski definition) is 2. The molecule has 0 saturated carbocycles. The van der Waals surface area contributed by atoms with Crippen LogP contribution in [0.3, 0.4) is 0 Å². The van der Waals surface area contributed by atoms with Crippen molar-refractivity contribution in [3.05, 3.63) is 40.9 Å². The number of unbranched alkanes of at least 4 members (excludes halogenated alkanes) is 1. The topological polar surface area (TPSA) is 62.7 Å². The number of amides is 1. The number of H-pyrrole nitrogens is 1. The summed E-state index contributed by atoms with van der Waals surface area (Å²) in [6.45, 7) is 16.9. The molecule has 0 radical (unpaired) electrons. The fourth-order valence-electron chi connectivity index (χ4n) is 2.32. The summed E-state index contributed by atoms with van der Waals surface area (Å²) in [6.07, 6.45) is 3.10. The minimum atomic E-state index is 0.126. The Morgan fingerprint density at radius 3 is 2.21 bits per heavy atom. The monoisotopic (exact) mass is 422 g/mol. The number of carbonyl (C=O) groups excluding carboxylic acids is 1. The van der Waals surface area contributed by atoms with E-state index in [1.54, 1.807) is 0 Å². The van der Waals surface area contributed by atoms with Gasteiger partial charge in [-0.05, 0) is 43.1 Å². The third-order valence-corrected chi connectivity index (χ3v) is 3.79. The zero-order chi connectivity index (χ0) is 22.7. The van der Waals surface area contributed by atoms with Gasteiger partial charge in [-0.1, -0.05) is 73.6 Å². The molecule has 0 aliphatic rings. The number of carbonyl (C=O) groups is 1. The van der Waals surface area contributed by atoms with E-state index < -0.39 is 0 Å². The Morgan fingerprint density at radius 1 is 1.07 bits per heavy atom. The van der Waals surface area contributed by atoms with Crippen LogP contribution in [0.2, 0.25) is 0 Å². The fraction of sp³-hybridized carbons (Fsp3) is 0.609. The van der Waals surface area contributed by atoms with E-state index in [1.165, 1.54) is 0 Å². The maximum absolute atomic E-state index is 11.7. The van der Waals surface area contributed by atoms with E-state index in [-0.39, 0.29) is 5.91 Å². The number of nitrogens with one attached hydrogen (secondary N) is 2. The van der Waals surface area contributed by atoms with E-state index in [4.69, 9.17) is 12.2 Å². The van der Waals surface area contributed by atoms with Crippen LogP contribution in [-0.2, 0) is 11.2 Å².